The van der Waals surface area contributed by atoms with Crippen molar-refractivity contribution in [3.05, 3.63) is 0 Å². The Hall–Kier alpha value is -0.530. The van der Waals surface area contributed by atoms with Gasteiger partial charge in [-0.2, -0.15) is 0 Å². The van der Waals surface area contributed by atoms with Crippen LogP contribution in [0, 0.1) is 23.7 Å². The molecule has 1 aliphatic heterocycles. The van der Waals surface area contributed by atoms with E-state index >= 15 is 0 Å². The van der Waals surface area contributed by atoms with Crippen LogP contribution in [0.5, 0.6) is 0 Å². The molecule has 1 heterocycles. The van der Waals surface area contributed by atoms with Crippen molar-refractivity contribution in [1.29, 1.82) is 0 Å². The molecule has 4 aliphatic carbocycles. The van der Waals surface area contributed by atoms with Crippen LogP contribution in [0.3, 0.4) is 0 Å². The van der Waals surface area contributed by atoms with Crippen LogP contribution in [0.1, 0.15) is 39.0 Å². The fourth-order valence-electron chi connectivity index (χ4n) is 4.98. The molecule has 4 fully saturated rings. The lowest BCUT2D eigenvalue weighted by Crippen LogP contribution is -2.59. The van der Waals surface area contributed by atoms with Gasteiger partial charge in [0.2, 0.25) is 0 Å². The Morgan fingerprint density at radius 3 is 2.13 bits per heavy atom. The van der Waals surface area contributed by atoms with Crippen molar-refractivity contribution in [2.45, 2.75) is 44.6 Å². The molecule has 82 valence electrons. The quantitative estimate of drug-likeness (QED) is 0.595. The normalized spacial score (nSPS) is 55.9. The maximum Gasteiger partial charge on any atom is 0.180 e. The Balaban J connectivity index is 1.71. The lowest BCUT2D eigenvalue weighted by Gasteiger charge is -2.58. The fourth-order valence-corrected chi connectivity index (χ4v) is 4.98. The number of ether oxygens (including phenoxy) is 1. The summed E-state index contributed by atoms with van der Waals surface area (Å²) in [7, 11) is 0. The van der Waals surface area contributed by atoms with Gasteiger partial charge in [0.1, 0.15) is 5.60 Å². The van der Waals surface area contributed by atoms with Crippen LogP contribution in [0.25, 0.3) is 0 Å². The number of hydrogen-bond acceptors (Lipinski definition) is 2. The zero-order valence-corrected chi connectivity index (χ0v) is 9.41. The SMILES string of the molecule is CC1=NCC2(O1)C1CC3CC(C1)CC2C3. The Kier molecular flexibility index (Phi) is 1.48. The first-order valence-electron chi connectivity index (χ1n) is 6.46. The zero-order valence-electron chi connectivity index (χ0n) is 9.41. The fraction of sp³-hybridized carbons (Fsp3) is 0.923. The first kappa shape index (κ1) is 8.60. The van der Waals surface area contributed by atoms with Crippen molar-refractivity contribution in [2.75, 3.05) is 6.54 Å². The van der Waals surface area contributed by atoms with Crippen molar-refractivity contribution in [2.24, 2.45) is 28.7 Å². The molecule has 5 aliphatic rings. The van der Waals surface area contributed by atoms with Gasteiger partial charge < -0.3 is 4.74 Å². The first-order chi connectivity index (χ1) is 7.26. The largest absolute Gasteiger partial charge is 0.472 e. The molecule has 0 atom stereocenters. The maximum absolute atomic E-state index is 6.18. The van der Waals surface area contributed by atoms with Gasteiger partial charge in [-0.25, -0.2) is 0 Å². The smallest absolute Gasteiger partial charge is 0.180 e. The van der Waals surface area contributed by atoms with E-state index in [-0.39, 0.29) is 5.60 Å². The van der Waals surface area contributed by atoms with E-state index in [1.807, 2.05) is 6.92 Å². The molecular weight excluding hydrogens is 186 g/mol. The third-order valence-electron chi connectivity index (χ3n) is 5.41. The Labute approximate surface area is 91.1 Å². The van der Waals surface area contributed by atoms with Crippen LogP contribution >= 0.6 is 0 Å². The van der Waals surface area contributed by atoms with Crippen LogP contribution in [0.2, 0.25) is 0 Å². The minimum Gasteiger partial charge on any atom is -0.472 e. The summed E-state index contributed by atoms with van der Waals surface area (Å²) in [5, 5.41) is 0. The lowest BCUT2D eigenvalue weighted by molar-refractivity contribution is -0.148. The Morgan fingerprint density at radius 2 is 1.67 bits per heavy atom. The van der Waals surface area contributed by atoms with Gasteiger partial charge in [-0.3, -0.25) is 4.99 Å². The Bertz CT molecular complexity index is 305. The van der Waals surface area contributed by atoms with E-state index in [0.717, 1.165) is 36.1 Å². The molecule has 0 aromatic rings. The molecule has 0 N–H and O–H groups in total. The second kappa shape index (κ2) is 2.58. The molecule has 2 nitrogen and oxygen atoms in total. The van der Waals surface area contributed by atoms with Crippen molar-refractivity contribution >= 4 is 5.90 Å². The van der Waals surface area contributed by atoms with Crippen LogP contribution < -0.4 is 0 Å². The molecule has 4 bridgehead atoms. The summed E-state index contributed by atoms with van der Waals surface area (Å²) in [5.41, 5.74) is 0.164. The van der Waals surface area contributed by atoms with Crippen LogP contribution in [-0.4, -0.2) is 18.0 Å². The molecule has 4 saturated carbocycles. The number of aliphatic imine (C=N–C) groups is 1. The third-order valence-corrected chi connectivity index (χ3v) is 5.41. The summed E-state index contributed by atoms with van der Waals surface area (Å²) in [6, 6.07) is 0. The molecule has 15 heavy (non-hydrogen) atoms. The topological polar surface area (TPSA) is 21.6 Å². The average Bonchev–Trinajstić information content (AvgIpc) is 2.57. The van der Waals surface area contributed by atoms with Crippen molar-refractivity contribution in [3.8, 4) is 0 Å². The van der Waals surface area contributed by atoms with E-state index in [9.17, 15) is 0 Å². The van der Waals surface area contributed by atoms with E-state index in [4.69, 9.17) is 4.74 Å². The van der Waals surface area contributed by atoms with E-state index in [1.165, 1.54) is 32.1 Å². The molecule has 0 saturated heterocycles. The van der Waals surface area contributed by atoms with E-state index in [1.54, 1.807) is 0 Å². The van der Waals surface area contributed by atoms with E-state index in [0.29, 0.717) is 0 Å². The Morgan fingerprint density at radius 1 is 1.07 bits per heavy atom. The van der Waals surface area contributed by atoms with Crippen molar-refractivity contribution in [1.82, 2.24) is 0 Å². The van der Waals surface area contributed by atoms with Crippen molar-refractivity contribution < 1.29 is 4.74 Å². The summed E-state index contributed by atoms with van der Waals surface area (Å²) < 4.78 is 6.18. The number of hydrogen-bond donors (Lipinski definition) is 0. The third kappa shape index (κ3) is 0.982. The van der Waals surface area contributed by atoms with E-state index < -0.39 is 0 Å². The number of rotatable bonds is 0. The molecule has 0 aromatic carbocycles. The van der Waals surface area contributed by atoms with Crippen LogP contribution in [0.15, 0.2) is 4.99 Å². The predicted molar refractivity (Wildman–Crippen MR) is 58.8 cm³/mol. The summed E-state index contributed by atoms with van der Waals surface area (Å²) in [4.78, 5) is 4.53. The predicted octanol–water partition coefficient (Wildman–Crippen LogP) is 2.63. The second-order valence-electron chi connectivity index (χ2n) is 6.20. The molecule has 0 aromatic heterocycles. The molecule has 2 heteroatoms. The van der Waals surface area contributed by atoms with E-state index in [2.05, 4.69) is 4.99 Å². The van der Waals surface area contributed by atoms with Gasteiger partial charge in [-0.15, -0.1) is 0 Å². The first-order valence-corrected chi connectivity index (χ1v) is 6.46. The molecule has 0 unspecified atom stereocenters. The van der Waals surface area contributed by atoms with Crippen molar-refractivity contribution in [3.63, 3.8) is 0 Å². The summed E-state index contributed by atoms with van der Waals surface area (Å²) in [5.74, 6) is 4.66. The lowest BCUT2D eigenvalue weighted by atomic mass is 9.50. The van der Waals surface area contributed by atoms with Gasteiger partial charge in [0.25, 0.3) is 0 Å². The molecular formula is C13H19NO. The summed E-state index contributed by atoms with van der Waals surface area (Å²) >= 11 is 0. The molecule has 0 radical (unpaired) electrons. The number of nitrogens with zero attached hydrogens (tertiary/aromatic N) is 1. The molecule has 1 spiro atoms. The minimum atomic E-state index is 0.164. The van der Waals surface area contributed by atoms with Gasteiger partial charge in [-0.1, -0.05) is 0 Å². The van der Waals surface area contributed by atoms with Gasteiger partial charge >= 0.3 is 0 Å². The monoisotopic (exact) mass is 205 g/mol. The zero-order chi connectivity index (χ0) is 10.0. The van der Waals surface area contributed by atoms with Crippen LogP contribution in [0.4, 0.5) is 0 Å². The van der Waals surface area contributed by atoms with Gasteiger partial charge in [-0.05, 0) is 43.9 Å². The summed E-state index contributed by atoms with van der Waals surface area (Å²) in [6.45, 7) is 2.99. The standard InChI is InChI=1S/C13H19NO/c1-8-14-7-13(15-8)11-3-9-2-10(5-11)6-12(13)4-9/h9-12H,2-7H2,1H3. The second-order valence-corrected chi connectivity index (χ2v) is 6.20. The highest BCUT2D eigenvalue weighted by Crippen LogP contribution is 2.60. The summed E-state index contributed by atoms with van der Waals surface area (Å²) in [6.07, 6.45) is 7.22. The highest BCUT2D eigenvalue weighted by molar-refractivity contribution is 5.75. The van der Waals surface area contributed by atoms with Gasteiger partial charge in [0.05, 0.1) is 6.54 Å². The minimum absolute atomic E-state index is 0.164. The van der Waals surface area contributed by atoms with Gasteiger partial charge in [0, 0.05) is 18.8 Å². The highest BCUT2D eigenvalue weighted by Gasteiger charge is 2.60. The average molecular weight is 205 g/mol. The maximum atomic E-state index is 6.18. The highest BCUT2D eigenvalue weighted by atomic mass is 16.5. The molecule has 0 amide bonds. The van der Waals surface area contributed by atoms with Crippen LogP contribution in [-0.2, 0) is 4.74 Å². The molecule has 5 rings (SSSR count). The van der Waals surface area contributed by atoms with Gasteiger partial charge in [0.15, 0.2) is 5.90 Å².